The van der Waals surface area contributed by atoms with Gasteiger partial charge in [0.15, 0.2) is 5.82 Å². The molecule has 22 heavy (non-hydrogen) atoms. The molecule has 1 amide bonds. The van der Waals surface area contributed by atoms with Gasteiger partial charge in [0.1, 0.15) is 0 Å². The highest BCUT2D eigenvalue weighted by Crippen LogP contribution is 2.23. The zero-order chi connectivity index (χ0) is 16.3. The van der Waals surface area contributed by atoms with E-state index in [1.165, 1.54) is 0 Å². The van der Waals surface area contributed by atoms with Gasteiger partial charge < -0.3 is 14.7 Å². The summed E-state index contributed by atoms with van der Waals surface area (Å²) in [6.07, 6.45) is 2.02. The van der Waals surface area contributed by atoms with Gasteiger partial charge in [-0.2, -0.15) is 4.98 Å². The monoisotopic (exact) mass is 308 g/mol. The summed E-state index contributed by atoms with van der Waals surface area (Å²) in [6.45, 7) is 11.6. The van der Waals surface area contributed by atoms with Crippen LogP contribution in [0.1, 0.15) is 71.1 Å². The van der Waals surface area contributed by atoms with E-state index in [9.17, 15) is 4.79 Å². The van der Waals surface area contributed by atoms with Crippen molar-refractivity contribution >= 4 is 5.91 Å². The molecule has 1 aromatic heterocycles. The average Bonchev–Trinajstić information content (AvgIpc) is 2.97. The Hall–Kier alpha value is -1.43. The summed E-state index contributed by atoms with van der Waals surface area (Å²) in [5.41, 5.74) is 0. The number of carbonyl (C=O) groups excluding carboxylic acids is 1. The summed E-state index contributed by atoms with van der Waals surface area (Å²) in [5, 5.41) is 7.64. The van der Waals surface area contributed by atoms with E-state index in [1.807, 2.05) is 4.90 Å². The van der Waals surface area contributed by atoms with Crippen molar-refractivity contribution < 1.29 is 9.32 Å². The van der Waals surface area contributed by atoms with E-state index in [1.54, 1.807) is 6.92 Å². The van der Waals surface area contributed by atoms with Crippen molar-refractivity contribution in [2.75, 3.05) is 13.1 Å². The maximum atomic E-state index is 11.5. The average molecular weight is 308 g/mol. The number of hydrogen-bond acceptors (Lipinski definition) is 5. The molecule has 0 bridgehead atoms. The van der Waals surface area contributed by atoms with Gasteiger partial charge in [-0.25, -0.2) is 0 Å². The highest BCUT2D eigenvalue weighted by atomic mass is 16.5. The van der Waals surface area contributed by atoms with Gasteiger partial charge in [-0.3, -0.25) is 4.79 Å². The fraction of sp³-hybridized carbons (Fsp3) is 0.812. The van der Waals surface area contributed by atoms with E-state index < -0.39 is 0 Å². The number of nitrogens with one attached hydrogen (secondary N) is 1. The standard InChI is InChI=1S/C16H28N4O2/c1-6-13-9-20(12(5)21)8-7-14(13)17-11(4)16-18-15(10(2)3)19-22-16/h10-11,13-14,17H,6-9H2,1-5H3/t11-,13+,14+/m0/s1. The number of likely N-dealkylation sites (tertiary alicyclic amines) is 1. The first-order chi connectivity index (χ1) is 10.4. The molecule has 124 valence electrons. The third-order valence-corrected chi connectivity index (χ3v) is 4.51. The van der Waals surface area contributed by atoms with Crippen LogP contribution in [0.15, 0.2) is 4.52 Å². The molecular weight excluding hydrogens is 280 g/mol. The molecule has 0 aromatic carbocycles. The van der Waals surface area contributed by atoms with Gasteiger partial charge in [0.2, 0.25) is 11.8 Å². The minimum Gasteiger partial charge on any atom is -0.343 e. The van der Waals surface area contributed by atoms with Gasteiger partial charge >= 0.3 is 0 Å². The lowest BCUT2D eigenvalue weighted by Gasteiger charge is -2.39. The molecule has 0 saturated carbocycles. The van der Waals surface area contributed by atoms with Gasteiger partial charge in [-0.05, 0) is 19.3 Å². The molecule has 1 aliphatic rings. The number of piperidine rings is 1. The Morgan fingerprint density at radius 2 is 2.18 bits per heavy atom. The van der Waals surface area contributed by atoms with Crippen molar-refractivity contribution in [1.29, 1.82) is 0 Å². The number of amides is 1. The van der Waals surface area contributed by atoms with Crippen LogP contribution < -0.4 is 5.32 Å². The van der Waals surface area contributed by atoms with Crippen LogP contribution in [0.4, 0.5) is 0 Å². The van der Waals surface area contributed by atoms with E-state index in [2.05, 4.69) is 43.2 Å². The summed E-state index contributed by atoms with van der Waals surface area (Å²) >= 11 is 0. The Labute approximate surface area is 132 Å². The molecule has 0 radical (unpaired) electrons. The van der Waals surface area contributed by atoms with E-state index in [-0.39, 0.29) is 17.9 Å². The molecule has 0 unspecified atom stereocenters. The fourth-order valence-corrected chi connectivity index (χ4v) is 3.00. The van der Waals surface area contributed by atoms with E-state index >= 15 is 0 Å². The number of carbonyl (C=O) groups is 1. The molecule has 2 rings (SSSR count). The predicted molar refractivity (Wildman–Crippen MR) is 84.4 cm³/mol. The van der Waals surface area contributed by atoms with Crippen molar-refractivity contribution in [2.24, 2.45) is 5.92 Å². The molecule has 3 atom stereocenters. The second kappa shape index (κ2) is 7.22. The SMILES string of the molecule is CC[C@@H]1CN(C(C)=O)CC[C@H]1N[C@@H](C)c1nc(C(C)C)no1. The smallest absolute Gasteiger partial charge is 0.243 e. The lowest BCUT2D eigenvalue weighted by Crippen LogP contribution is -2.50. The van der Waals surface area contributed by atoms with Crippen molar-refractivity contribution in [3.05, 3.63) is 11.7 Å². The zero-order valence-corrected chi connectivity index (χ0v) is 14.3. The summed E-state index contributed by atoms with van der Waals surface area (Å²) < 4.78 is 5.37. The first-order valence-electron chi connectivity index (χ1n) is 8.27. The first kappa shape index (κ1) is 16.9. The van der Waals surface area contributed by atoms with Crippen LogP contribution in [-0.4, -0.2) is 40.1 Å². The molecule has 1 aromatic rings. The Morgan fingerprint density at radius 1 is 1.45 bits per heavy atom. The van der Waals surface area contributed by atoms with Crippen LogP contribution in [0.5, 0.6) is 0 Å². The Balaban J connectivity index is 1.97. The lowest BCUT2D eigenvalue weighted by molar-refractivity contribution is -0.131. The molecule has 1 N–H and O–H groups in total. The topological polar surface area (TPSA) is 71.3 Å². The second-order valence-corrected chi connectivity index (χ2v) is 6.56. The molecule has 1 aliphatic heterocycles. The quantitative estimate of drug-likeness (QED) is 0.905. The molecule has 6 heteroatoms. The third kappa shape index (κ3) is 3.85. The van der Waals surface area contributed by atoms with Gasteiger partial charge in [0, 0.05) is 32.0 Å². The molecular formula is C16H28N4O2. The van der Waals surface area contributed by atoms with Crippen molar-refractivity contribution in [3.63, 3.8) is 0 Å². The number of hydrogen-bond donors (Lipinski definition) is 1. The van der Waals surface area contributed by atoms with Gasteiger partial charge in [-0.15, -0.1) is 0 Å². The van der Waals surface area contributed by atoms with Gasteiger partial charge in [-0.1, -0.05) is 32.3 Å². The highest BCUT2D eigenvalue weighted by Gasteiger charge is 2.31. The molecule has 1 saturated heterocycles. The summed E-state index contributed by atoms with van der Waals surface area (Å²) in [6, 6.07) is 0.410. The molecule has 0 aliphatic carbocycles. The summed E-state index contributed by atoms with van der Waals surface area (Å²) in [5.74, 6) is 2.30. The van der Waals surface area contributed by atoms with Crippen LogP contribution in [-0.2, 0) is 4.79 Å². The maximum Gasteiger partial charge on any atom is 0.243 e. The molecule has 0 spiro atoms. The number of nitrogens with zero attached hydrogens (tertiary/aromatic N) is 3. The van der Waals surface area contributed by atoms with Crippen molar-refractivity contribution in [2.45, 2.75) is 65.5 Å². The largest absolute Gasteiger partial charge is 0.343 e. The first-order valence-corrected chi connectivity index (χ1v) is 8.27. The van der Waals surface area contributed by atoms with E-state index in [4.69, 9.17) is 4.52 Å². The van der Waals surface area contributed by atoms with Gasteiger partial charge in [0.25, 0.3) is 0 Å². The third-order valence-electron chi connectivity index (χ3n) is 4.51. The minimum absolute atomic E-state index is 0.0305. The minimum atomic E-state index is 0.0305. The number of rotatable bonds is 5. The van der Waals surface area contributed by atoms with Gasteiger partial charge in [0.05, 0.1) is 6.04 Å². The molecule has 2 heterocycles. The van der Waals surface area contributed by atoms with Crippen LogP contribution >= 0.6 is 0 Å². The Morgan fingerprint density at radius 3 is 2.73 bits per heavy atom. The predicted octanol–water partition coefficient (Wildman–Crippen LogP) is 2.49. The molecule has 1 fully saturated rings. The van der Waals surface area contributed by atoms with E-state index in [0.717, 1.165) is 31.8 Å². The van der Waals surface area contributed by atoms with E-state index in [0.29, 0.717) is 17.9 Å². The van der Waals surface area contributed by atoms with Crippen LogP contribution in [0.25, 0.3) is 0 Å². The maximum absolute atomic E-state index is 11.5. The Kier molecular flexibility index (Phi) is 5.56. The van der Waals surface area contributed by atoms with Crippen LogP contribution in [0.3, 0.4) is 0 Å². The summed E-state index contributed by atoms with van der Waals surface area (Å²) in [4.78, 5) is 18.0. The summed E-state index contributed by atoms with van der Waals surface area (Å²) in [7, 11) is 0. The lowest BCUT2D eigenvalue weighted by atomic mass is 9.89. The van der Waals surface area contributed by atoms with Crippen LogP contribution in [0, 0.1) is 5.92 Å². The zero-order valence-electron chi connectivity index (χ0n) is 14.3. The number of aromatic nitrogens is 2. The van der Waals surface area contributed by atoms with Crippen molar-refractivity contribution in [3.8, 4) is 0 Å². The Bertz CT molecular complexity index is 500. The highest BCUT2D eigenvalue weighted by molar-refractivity contribution is 5.73. The molecule has 6 nitrogen and oxygen atoms in total. The fourth-order valence-electron chi connectivity index (χ4n) is 3.00. The van der Waals surface area contributed by atoms with Crippen LogP contribution in [0.2, 0.25) is 0 Å². The van der Waals surface area contributed by atoms with Crippen molar-refractivity contribution in [1.82, 2.24) is 20.4 Å². The normalized spacial score (nSPS) is 23.8. The second-order valence-electron chi connectivity index (χ2n) is 6.56.